The van der Waals surface area contributed by atoms with E-state index in [1.54, 1.807) is 13.0 Å². The molecule has 0 aliphatic heterocycles. The molecule has 0 saturated carbocycles. The predicted molar refractivity (Wildman–Crippen MR) is 41.2 cm³/mol. The Balaban J connectivity index is -0.0000000286. The minimum atomic E-state index is 0. The Bertz CT molecular complexity index is 25.7. The van der Waals surface area contributed by atoms with E-state index < -0.39 is 0 Å². The van der Waals surface area contributed by atoms with E-state index in [0.29, 0.717) is 0 Å². The maximum Gasteiger partial charge on any atom is 3.00 e. The number of hydrogen-bond acceptors (Lipinski definition) is 0. The second kappa shape index (κ2) is 36.8. The third-order valence-electron chi connectivity index (χ3n) is 0.371. The molecule has 0 unspecified atom stereocenters. The van der Waals surface area contributed by atoms with E-state index >= 15 is 0 Å². The summed E-state index contributed by atoms with van der Waals surface area (Å²) in [6.45, 7) is 13.5. The standard InChI is InChI=1S/C5H8.C2H5.CH4.Y/c1-3-5-4-2;1-2;;/h1,3H,2,4-5H2;1H2,2H3;1H4;/q-2;-1;;+3. The van der Waals surface area contributed by atoms with Crippen LogP contribution in [0.4, 0.5) is 0 Å². The largest absolute Gasteiger partial charge is 3.00 e. The Kier molecular flexibility index (Phi) is 92.3. The Labute approximate surface area is 86.0 Å². The fraction of sp³-hybridized carbons (Fsp3) is 0.500. The molecule has 0 atom stereocenters. The van der Waals surface area contributed by atoms with Gasteiger partial charge in [-0.1, -0.05) is 13.8 Å². The van der Waals surface area contributed by atoms with Crippen LogP contribution in [0.15, 0.2) is 6.08 Å². The average Bonchev–Trinajstić information content (AvgIpc) is 1.75. The quantitative estimate of drug-likeness (QED) is 0.603. The van der Waals surface area contributed by atoms with Crippen LogP contribution in [0.2, 0.25) is 0 Å². The maximum absolute atomic E-state index is 4.97. The van der Waals surface area contributed by atoms with Crippen molar-refractivity contribution in [2.75, 3.05) is 0 Å². The van der Waals surface area contributed by atoms with Crippen molar-refractivity contribution in [1.82, 2.24) is 0 Å². The zero-order valence-corrected chi connectivity index (χ0v) is 8.40. The van der Waals surface area contributed by atoms with Crippen LogP contribution in [0.25, 0.3) is 0 Å². The molecule has 0 heterocycles. The number of allylic oxidation sites excluding steroid dienone is 1. The molecular weight excluding hydrogens is 185 g/mol. The van der Waals surface area contributed by atoms with Crippen molar-refractivity contribution in [3.8, 4) is 0 Å². The zero-order chi connectivity index (χ0) is 6.12. The van der Waals surface area contributed by atoms with Gasteiger partial charge in [0.2, 0.25) is 0 Å². The molecule has 0 saturated heterocycles. The molecule has 0 bridgehead atoms. The summed E-state index contributed by atoms with van der Waals surface area (Å²) in [5, 5.41) is 0. The second-order valence-corrected chi connectivity index (χ2v) is 0.878. The summed E-state index contributed by atoms with van der Waals surface area (Å²) in [5.41, 5.74) is 0. The summed E-state index contributed by atoms with van der Waals surface area (Å²) in [6, 6.07) is 0. The third-order valence-corrected chi connectivity index (χ3v) is 0.371. The molecule has 0 rings (SSSR count). The minimum absolute atomic E-state index is 0. The fourth-order valence-electron chi connectivity index (χ4n) is 0.118. The molecule has 0 nitrogen and oxygen atoms in total. The van der Waals surface area contributed by atoms with Crippen LogP contribution in [0, 0.1) is 20.4 Å². The first kappa shape index (κ1) is 22.5. The molecule has 0 amide bonds. The molecule has 0 aromatic carbocycles. The average molecular weight is 202 g/mol. The van der Waals surface area contributed by atoms with Gasteiger partial charge in [0.1, 0.15) is 0 Å². The SMILES string of the molecule is C.[CH-]=CCC[CH2-].[CH2-]C.[Y+3]. The van der Waals surface area contributed by atoms with E-state index in [0.717, 1.165) is 12.8 Å². The zero-order valence-electron chi connectivity index (χ0n) is 5.56. The van der Waals surface area contributed by atoms with Crippen LogP contribution in [-0.4, -0.2) is 0 Å². The minimum Gasteiger partial charge on any atom is -0.518 e. The van der Waals surface area contributed by atoms with E-state index in [-0.39, 0.29) is 40.1 Å². The first-order valence-electron chi connectivity index (χ1n) is 2.45. The Hall–Kier alpha value is 0.844. The molecular formula is C8H17Y. The summed E-state index contributed by atoms with van der Waals surface area (Å²) >= 11 is 0. The number of rotatable bonds is 2. The van der Waals surface area contributed by atoms with Gasteiger partial charge in [0.25, 0.3) is 0 Å². The maximum atomic E-state index is 4.97. The molecule has 0 aromatic heterocycles. The first-order chi connectivity index (χ1) is 3.41. The molecule has 0 radical (unpaired) electrons. The van der Waals surface area contributed by atoms with Gasteiger partial charge in [0.05, 0.1) is 0 Å². The van der Waals surface area contributed by atoms with Crippen LogP contribution in [0.5, 0.6) is 0 Å². The summed E-state index contributed by atoms with van der Waals surface area (Å²) in [4.78, 5) is 0. The molecule has 0 aromatic rings. The first-order valence-corrected chi connectivity index (χ1v) is 2.45. The van der Waals surface area contributed by atoms with Gasteiger partial charge in [0, 0.05) is 0 Å². The van der Waals surface area contributed by atoms with Gasteiger partial charge in [-0.3, -0.25) is 6.08 Å². The molecule has 0 aliphatic carbocycles. The van der Waals surface area contributed by atoms with Crippen molar-refractivity contribution in [2.24, 2.45) is 0 Å². The fourth-order valence-corrected chi connectivity index (χ4v) is 0.118. The van der Waals surface area contributed by atoms with Gasteiger partial charge >= 0.3 is 32.7 Å². The summed E-state index contributed by atoms with van der Waals surface area (Å²) < 4.78 is 0. The Morgan fingerprint density at radius 3 is 1.78 bits per heavy atom. The van der Waals surface area contributed by atoms with Crippen molar-refractivity contribution < 1.29 is 32.7 Å². The molecule has 0 aliphatic rings. The Morgan fingerprint density at radius 2 is 1.78 bits per heavy atom. The van der Waals surface area contributed by atoms with Crippen LogP contribution in [0.3, 0.4) is 0 Å². The molecule has 1 heteroatoms. The number of hydrogen-bond donors (Lipinski definition) is 0. The summed E-state index contributed by atoms with van der Waals surface area (Å²) in [6.07, 6.45) is 3.46. The normalized spacial score (nSPS) is 4.78. The van der Waals surface area contributed by atoms with Gasteiger partial charge in [0.15, 0.2) is 0 Å². The van der Waals surface area contributed by atoms with E-state index in [9.17, 15) is 0 Å². The van der Waals surface area contributed by atoms with Crippen molar-refractivity contribution in [1.29, 1.82) is 0 Å². The van der Waals surface area contributed by atoms with Crippen molar-refractivity contribution in [3.63, 3.8) is 0 Å². The monoisotopic (exact) mass is 202 g/mol. The van der Waals surface area contributed by atoms with Crippen LogP contribution < -0.4 is 0 Å². The smallest absolute Gasteiger partial charge is 0.518 e. The van der Waals surface area contributed by atoms with Crippen molar-refractivity contribution in [2.45, 2.75) is 27.2 Å². The molecule has 9 heavy (non-hydrogen) atoms. The molecule has 0 fully saturated rings. The predicted octanol–water partition coefficient (Wildman–Crippen LogP) is 3.06. The van der Waals surface area contributed by atoms with E-state index in [1.807, 2.05) is 0 Å². The molecule has 0 spiro atoms. The molecule has 52 valence electrons. The van der Waals surface area contributed by atoms with E-state index in [2.05, 4.69) is 13.8 Å². The van der Waals surface area contributed by atoms with Crippen LogP contribution >= 0.6 is 0 Å². The topological polar surface area (TPSA) is 0 Å². The van der Waals surface area contributed by atoms with Gasteiger partial charge < -0.3 is 20.4 Å². The van der Waals surface area contributed by atoms with E-state index in [4.69, 9.17) is 6.58 Å². The number of unbranched alkanes of at least 4 members (excludes halogenated alkanes) is 1. The van der Waals surface area contributed by atoms with Crippen LogP contribution in [-0.2, 0) is 32.7 Å². The van der Waals surface area contributed by atoms with Crippen molar-refractivity contribution in [3.05, 3.63) is 26.5 Å². The van der Waals surface area contributed by atoms with Crippen LogP contribution in [0.1, 0.15) is 27.2 Å². The van der Waals surface area contributed by atoms with Crippen molar-refractivity contribution >= 4 is 0 Å². The van der Waals surface area contributed by atoms with E-state index in [1.165, 1.54) is 0 Å². The Morgan fingerprint density at radius 1 is 1.44 bits per heavy atom. The third kappa shape index (κ3) is 51.2. The van der Waals surface area contributed by atoms with Gasteiger partial charge in [-0.2, -0.15) is 13.3 Å². The summed E-state index contributed by atoms with van der Waals surface area (Å²) in [5.74, 6) is 0. The second-order valence-electron chi connectivity index (χ2n) is 0.878. The summed E-state index contributed by atoms with van der Waals surface area (Å²) in [7, 11) is 0. The van der Waals surface area contributed by atoms with Gasteiger partial charge in [-0.25, -0.2) is 0 Å². The van der Waals surface area contributed by atoms with Gasteiger partial charge in [-0.15, -0.1) is 0 Å². The molecule has 0 N–H and O–H groups in total. The van der Waals surface area contributed by atoms with Gasteiger partial charge in [-0.05, 0) is 0 Å².